The molecular weight excluding hydrogens is 182 g/mol. The van der Waals surface area contributed by atoms with E-state index in [0.717, 1.165) is 5.56 Å². The van der Waals surface area contributed by atoms with E-state index >= 15 is 0 Å². The topological polar surface area (TPSA) is 60.2 Å². The number of carbonyl (C=O) groups excluding carboxylic acids is 1. The highest BCUT2D eigenvalue weighted by molar-refractivity contribution is 6.00. The highest BCUT2D eigenvalue weighted by Gasteiger charge is 2.23. The minimum Gasteiger partial charge on any atom is -0.294 e. The fraction of sp³-hybridized carbons (Fsp3) is 0.300. The number of rotatable bonds is 1. The fourth-order valence-corrected chi connectivity index (χ4v) is 1.79. The summed E-state index contributed by atoms with van der Waals surface area (Å²) in [6.07, 6.45) is 1.12. The van der Waals surface area contributed by atoms with Gasteiger partial charge in [0.05, 0.1) is 4.92 Å². The Morgan fingerprint density at radius 3 is 2.71 bits per heavy atom. The highest BCUT2D eigenvalue weighted by atomic mass is 16.6. The van der Waals surface area contributed by atoms with Gasteiger partial charge in [0, 0.05) is 23.6 Å². The van der Waals surface area contributed by atoms with E-state index < -0.39 is 4.92 Å². The second-order valence-corrected chi connectivity index (χ2v) is 3.48. The van der Waals surface area contributed by atoms with Crippen LogP contribution in [-0.2, 0) is 6.42 Å². The molecule has 0 saturated heterocycles. The molecule has 2 rings (SSSR count). The molecule has 0 amide bonds. The lowest BCUT2D eigenvalue weighted by molar-refractivity contribution is -0.385. The van der Waals surface area contributed by atoms with Crippen molar-refractivity contribution >= 4 is 11.5 Å². The third kappa shape index (κ3) is 1.19. The number of Topliss-reactive ketones (excluding diaryl/α,β-unsaturated/α-hetero) is 1. The summed E-state index contributed by atoms with van der Waals surface area (Å²) in [7, 11) is 0. The van der Waals surface area contributed by atoms with Gasteiger partial charge in [-0.2, -0.15) is 0 Å². The van der Waals surface area contributed by atoms with Crippen LogP contribution in [0.3, 0.4) is 0 Å². The van der Waals surface area contributed by atoms with Gasteiger partial charge in [-0.15, -0.1) is 0 Å². The van der Waals surface area contributed by atoms with Gasteiger partial charge in [0.2, 0.25) is 0 Å². The maximum atomic E-state index is 11.3. The fourth-order valence-electron chi connectivity index (χ4n) is 1.79. The molecule has 14 heavy (non-hydrogen) atoms. The van der Waals surface area contributed by atoms with Crippen LogP contribution in [0.4, 0.5) is 5.69 Å². The first kappa shape index (κ1) is 8.87. The molecule has 0 N–H and O–H groups in total. The molecule has 0 saturated carbocycles. The Balaban J connectivity index is 2.61. The van der Waals surface area contributed by atoms with Crippen molar-refractivity contribution in [1.82, 2.24) is 0 Å². The van der Waals surface area contributed by atoms with Gasteiger partial charge < -0.3 is 0 Å². The molecule has 4 nitrogen and oxygen atoms in total. The minimum absolute atomic E-state index is 0.0954. The van der Waals surface area contributed by atoms with Gasteiger partial charge >= 0.3 is 0 Å². The molecule has 0 unspecified atom stereocenters. The third-order valence-electron chi connectivity index (χ3n) is 2.54. The molecule has 0 spiro atoms. The molecule has 1 aromatic carbocycles. The number of carbonyl (C=O) groups is 1. The molecule has 1 aromatic rings. The Morgan fingerprint density at radius 2 is 2.07 bits per heavy atom. The van der Waals surface area contributed by atoms with Gasteiger partial charge in [-0.1, -0.05) is 0 Å². The molecule has 0 radical (unpaired) electrons. The zero-order valence-electron chi connectivity index (χ0n) is 7.74. The summed E-state index contributed by atoms with van der Waals surface area (Å²) < 4.78 is 0. The summed E-state index contributed by atoms with van der Waals surface area (Å²) in [5, 5.41) is 10.6. The average Bonchev–Trinajstić information content (AvgIpc) is 2.46. The second-order valence-electron chi connectivity index (χ2n) is 3.48. The zero-order valence-corrected chi connectivity index (χ0v) is 7.74. The standard InChI is InChI=1S/C10H9NO3/c1-6-4-8-7(2-3-10(8)12)5-9(6)11(13)14/h4-5H,2-3H2,1H3. The summed E-state index contributed by atoms with van der Waals surface area (Å²) in [6.45, 7) is 1.66. The van der Waals surface area contributed by atoms with E-state index in [1.165, 1.54) is 6.07 Å². The van der Waals surface area contributed by atoms with Crippen LogP contribution >= 0.6 is 0 Å². The zero-order chi connectivity index (χ0) is 10.3. The van der Waals surface area contributed by atoms with E-state index in [-0.39, 0.29) is 11.5 Å². The van der Waals surface area contributed by atoms with Crippen LogP contribution in [0.5, 0.6) is 0 Å². The molecule has 1 aliphatic rings. The van der Waals surface area contributed by atoms with Crippen LogP contribution in [0.1, 0.15) is 27.9 Å². The Bertz CT molecular complexity index is 437. The van der Waals surface area contributed by atoms with E-state index in [0.29, 0.717) is 24.0 Å². The van der Waals surface area contributed by atoms with Crippen molar-refractivity contribution < 1.29 is 9.72 Å². The van der Waals surface area contributed by atoms with Crippen LogP contribution in [0, 0.1) is 17.0 Å². The number of benzene rings is 1. The van der Waals surface area contributed by atoms with Gasteiger partial charge in [-0.05, 0) is 25.0 Å². The summed E-state index contributed by atoms with van der Waals surface area (Å²) in [5.41, 5.74) is 2.14. The van der Waals surface area contributed by atoms with Crippen LogP contribution in [0.15, 0.2) is 12.1 Å². The number of nitrogens with zero attached hydrogens (tertiary/aromatic N) is 1. The predicted octanol–water partition coefficient (Wildman–Crippen LogP) is 2.03. The van der Waals surface area contributed by atoms with Crippen molar-refractivity contribution in [2.75, 3.05) is 0 Å². The van der Waals surface area contributed by atoms with E-state index in [2.05, 4.69) is 0 Å². The molecule has 0 fully saturated rings. The van der Waals surface area contributed by atoms with Crippen LogP contribution in [0.2, 0.25) is 0 Å². The summed E-state index contributed by atoms with van der Waals surface area (Å²) >= 11 is 0. The smallest absolute Gasteiger partial charge is 0.272 e. The molecule has 0 bridgehead atoms. The largest absolute Gasteiger partial charge is 0.294 e. The average molecular weight is 191 g/mol. The van der Waals surface area contributed by atoms with Crippen LogP contribution < -0.4 is 0 Å². The van der Waals surface area contributed by atoms with Crippen molar-refractivity contribution in [1.29, 1.82) is 0 Å². The molecular formula is C10H9NO3. The first-order chi connectivity index (χ1) is 6.59. The Morgan fingerprint density at radius 1 is 1.36 bits per heavy atom. The van der Waals surface area contributed by atoms with Crippen molar-refractivity contribution in [3.8, 4) is 0 Å². The molecule has 0 aromatic heterocycles. The van der Waals surface area contributed by atoms with E-state index in [4.69, 9.17) is 0 Å². The summed E-state index contributed by atoms with van der Waals surface area (Å²) in [4.78, 5) is 21.5. The lowest BCUT2D eigenvalue weighted by Crippen LogP contribution is -1.96. The summed E-state index contributed by atoms with van der Waals surface area (Å²) in [5.74, 6) is 0.0954. The van der Waals surface area contributed by atoms with Gasteiger partial charge in [0.25, 0.3) is 5.69 Å². The molecule has 4 heteroatoms. The predicted molar refractivity (Wildman–Crippen MR) is 50.5 cm³/mol. The van der Waals surface area contributed by atoms with Crippen LogP contribution in [0.25, 0.3) is 0 Å². The number of fused-ring (bicyclic) bond motifs is 1. The van der Waals surface area contributed by atoms with E-state index in [9.17, 15) is 14.9 Å². The first-order valence-corrected chi connectivity index (χ1v) is 4.40. The molecule has 72 valence electrons. The minimum atomic E-state index is -0.404. The number of hydrogen-bond donors (Lipinski definition) is 0. The second kappa shape index (κ2) is 2.90. The van der Waals surface area contributed by atoms with E-state index in [1.54, 1.807) is 13.0 Å². The maximum absolute atomic E-state index is 11.3. The number of ketones is 1. The Hall–Kier alpha value is -1.71. The Labute approximate surface area is 80.7 Å². The van der Waals surface area contributed by atoms with Gasteiger partial charge in [-0.3, -0.25) is 14.9 Å². The Kier molecular flexibility index (Phi) is 1.84. The van der Waals surface area contributed by atoms with E-state index in [1.807, 2.05) is 0 Å². The molecule has 0 atom stereocenters. The van der Waals surface area contributed by atoms with Crippen molar-refractivity contribution in [2.45, 2.75) is 19.8 Å². The first-order valence-electron chi connectivity index (χ1n) is 4.40. The SMILES string of the molecule is Cc1cc2c(cc1[N+](=O)[O-])CCC2=O. The van der Waals surface area contributed by atoms with Gasteiger partial charge in [-0.25, -0.2) is 0 Å². The van der Waals surface area contributed by atoms with Crippen molar-refractivity contribution in [3.05, 3.63) is 38.9 Å². The number of hydrogen-bond acceptors (Lipinski definition) is 3. The molecule has 0 aliphatic heterocycles. The normalized spacial score (nSPS) is 14.2. The third-order valence-corrected chi connectivity index (χ3v) is 2.54. The van der Waals surface area contributed by atoms with Crippen molar-refractivity contribution in [3.63, 3.8) is 0 Å². The van der Waals surface area contributed by atoms with Crippen molar-refractivity contribution in [2.24, 2.45) is 0 Å². The quantitative estimate of drug-likeness (QED) is 0.504. The number of nitro groups is 1. The van der Waals surface area contributed by atoms with Gasteiger partial charge in [0.15, 0.2) is 5.78 Å². The van der Waals surface area contributed by atoms with Gasteiger partial charge in [0.1, 0.15) is 0 Å². The lowest BCUT2D eigenvalue weighted by atomic mass is 10.1. The summed E-state index contributed by atoms with van der Waals surface area (Å²) in [6, 6.07) is 3.15. The molecule has 1 aliphatic carbocycles. The number of aryl methyl sites for hydroxylation is 2. The molecule has 0 heterocycles. The maximum Gasteiger partial charge on any atom is 0.272 e. The lowest BCUT2D eigenvalue weighted by Gasteiger charge is -2.00. The highest BCUT2D eigenvalue weighted by Crippen LogP contribution is 2.28. The monoisotopic (exact) mass is 191 g/mol. The number of nitro benzene ring substituents is 1. The van der Waals surface area contributed by atoms with Crippen LogP contribution in [-0.4, -0.2) is 10.7 Å².